The fraction of sp³-hybridized carbons (Fsp3) is 1.00. The quantitative estimate of drug-likeness (QED) is 0.825. The zero-order chi connectivity index (χ0) is 14.0. The fourth-order valence-electron chi connectivity index (χ4n) is 3.97. The SMILES string of the molecule is CN(CC1CCC(C(C)(C)C)CC1)C(CN)C1CC1. The Hall–Kier alpha value is -0.0800. The zero-order valence-electron chi connectivity index (χ0n) is 13.5. The van der Waals surface area contributed by atoms with E-state index < -0.39 is 0 Å². The van der Waals surface area contributed by atoms with Crippen LogP contribution in [0.4, 0.5) is 0 Å². The van der Waals surface area contributed by atoms with E-state index in [0.29, 0.717) is 11.5 Å². The Morgan fingerprint density at radius 2 is 1.63 bits per heavy atom. The summed E-state index contributed by atoms with van der Waals surface area (Å²) in [5, 5.41) is 0. The van der Waals surface area contributed by atoms with Crippen molar-refractivity contribution in [2.45, 2.75) is 65.3 Å². The van der Waals surface area contributed by atoms with Crippen LogP contribution in [0, 0.1) is 23.2 Å². The average molecular weight is 266 g/mol. The smallest absolute Gasteiger partial charge is 0.0243 e. The summed E-state index contributed by atoms with van der Waals surface area (Å²) >= 11 is 0. The van der Waals surface area contributed by atoms with E-state index in [1.165, 1.54) is 45.1 Å². The second-order valence-corrected chi connectivity index (χ2v) is 8.16. The van der Waals surface area contributed by atoms with Crippen LogP contribution in [0.5, 0.6) is 0 Å². The minimum atomic E-state index is 0.505. The first-order chi connectivity index (χ1) is 8.91. The largest absolute Gasteiger partial charge is 0.329 e. The molecule has 112 valence electrons. The van der Waals surface area contributed by atoms with Gasteiger partial charge in [-0.05, 0) is 68.7 Å². The Morgan fingerprint density at radius 3 is 2.05 bits per heavy atom. The predicted octanol–water partition coefficient (Wildman–Crippen LogP) is 3.51. The van der Waals surface area contributed by atoms with E-state index >= 15 is 0 Å². The highest BCUT2D eigenvalue weighted by molar-refractivity contribution is 4.89. The standard InChI is InChI=1S/C17H34N2/c1-17(2,3)15-9-5-13(6-10-15)12-19(4)16(11-18)14-7-8-14/h13-16H,5-12,18H2,1-4H3. The molecule has 0 bridgehead atoms. The Bertz CT molecular complexity index is 269. The van der Waals surface area contributed by atoms with Gasteiger partial charge in [-0.15, -0.1) is 0 Å². The number of hydrogen-bond acceptors (Lipinski definition) is 2. The van der Waals surface area contributed by atoms with Crippen molar-refractivity contribution in [2.24, 2.45) is 28.9 Å². The summed E-state index contributed by atoms with van der Waals surface area (Å²) in [4.78, 5) is 2.57. The van der Waals surface area contributed by atoms with Crippen LogP contribution in [0.25, 0.3) is 0 Å². The van der Waals surface area contributed by atoms with Crippen molar-refractivity contribution in [1.29, 1.82) is 0 Å². The van der Waals surface area contributed by atoms with Gasteiger partial charge in [0, 0.05) is 19.1 Å². The maximum atomic E-state index is 5.96. The van der Waals surface area contributed by atoms with Crippen LogP contribution < -0.4 is 5.73 Å². The molecule has 1 unspecified atom stereocenters. The molecule has 1 atom stereocenters. The van der Waals surface area contributed by atoms with Crippen LogP contribution in [0.15, 0.2) is 0 Å². The maximum absolute atomic E-state index is 5.96. The minimum Gasteiger partial charge on any atom is -0.329 e. The molecule has 0 aromatic heterocycles. The van der Waals surface area contributed by atoms with Crippen molar-refractivity contribution >= 4 is 0 Å². The van der Waals surface area contributed by atoms with Crippen LogP contribution in [0.1, 0.15) is 59.3 Å². The lowest BCUT2D eigenvalue weighted by Gasteiger charge is -2.39. The third-order valence-corrected chi connectivity index (χ3v) is 5.59. The zero-order valence-corrected chi connectivity index (χ0v) is 13.5. The summed E-state index contributed by atoms with van der Waals surface area (Å²) in [6.07, 6.45) is 8.52. The summed E-state index contributed by atoms with van der Waals surface area (Å²) in [6.45, 7) is 9.33. The molecular weight excluding hydrogens is 232 g/mol. The van der Waals surface area contributed by atoms with Crippen molar-refractivity contribution in [3.8, 4) is 0 Å². The predicted molar refractivity (Wildman–Crippen MR) is 83.1 cm³/mol. The normalized spacial score (nSPS) is 30.6. The summed E-state index contributed by atoms with van der Waals surface area (Å²) < 4.78 is 0. The van der Waals surface area contributed by atoms with Gasteiger partial charge >= 0.3 is 0 Å². The minimum absolute atomic E-state index is 0.505. The Balaban J connectivity index is 1.75. The molecule has 0 aromatic rings. The Kier molecular flexibility index (Phi) is 4.94. The van der Waals surface area contributed by atoms with Crippen LogP contribution in [0.3, 0.4) is 0 Å². The summed E-state index contributed by atoms with van der Waals surface area (Å²) in [7, 11) is 2.30. The van der Waals surface area contributed by atoms with Gasteiger partial charge in [0.15, 0.2) is 0 Å². The molecule has 0 aromatic carbocycles. The van der Waals surface area contributed by atoms with Gasteiger partial charge in [0.05, 0.1) is 0 Å². The van der Waals surface area contributed by atoms with Gasteiger partial charge in [0.2, 0.25) is 0 Å². The lowest BCUT2D eigenvalue weighted by molar-refractivity contribution is 0.115. The molecule has 19 heavy (non-hydrogen) atoms. The van der Waals surface area contributed by atoms with Crippen molar-refractivity contribution < 1.29 is 0 Å². The lowest BCUT2D eigenvalue weighted by atomic mass is 9.70. The van der Waals surface area contributed by atoms with E-state index in [0.717, 1.165) is 24.3 Å². The highest BCUT2D eigenvalue weighted by Gasteiger charge is 2.35. The van der Waals surface area contributed by atoms with Gasteiger partial charge in [0.25, 0.3) is 0 Å². The monoisotopic (exact) mass is 266 g/mol. The molecule has 2 saturated carbocycles. The number of nitrogens with zero attached hydrogens (tertiary/aromatic N) is 1. The number of rotatable bonds is 5. The molecule has 0 radical (unpaired) electrons. The van der Waals surface area contributed by atoms with Crippen molar-refractivity contribution in [2.75, 3.05) is 20.1 Å². The molecule has 0 amide bonds. The summed E-state index contributed by atoms with van der Waals surface area (Å²) in [5.41, 5.74) is 6.46. The van der Waals surface area contributed by atoms with Gasteiger partial charge in [-0.25, -0.2) is 0 Å². The van der Waals surface area contributed by atoms with E-state index in [1.54, 1.807) is 0 Å². The molecule has 2 nitrogen and oxygen atoms in total. The molecule has 2 aliphatic rings. The second kappa shape index (κ2) is 6.13. The van der Waals surface area contributed by atoms with E-state index in [9.17, 15) is 0 Å². The molecule has 0 heterocycles. The number of likely N-dealkylation sites (N-methyl/N-ethyl adjacent to an activating group) is 1. The molecule has 2 aliphatic carbocycles. The van der Waals surface area contributed by atoms with Crippen LogP contribution in [-0.4, -0.2) is 31.1 Å². The van der Waals surface area contributed by atoms with Crippen LogP contribution >= 0.6 is 0 Å². The Morgan fingerprint density at radius 1 is 1.05 bits per heavy atom. The summed E-state index contributed by atoms with van der Waals surface area (Å²) in [5.74, 6) is 2.75. The molecule has 2 N–H and O–H groups in total. The van der Waals surface area contributed by atoms with Crippen molar-refractivity contribution in [3.05, 3.63) is 0 Å². The topological polar surface area (TPSA) is 29.3 Å². The average Bonchev–Trinajstić information content (AvgIpc) is 3.14. The van der Waals surface area contributed by atoms with Crippen LogP contribution in [0.2, 0.25) is 0 Å². The van der Waals surface area contributed by atoms with Gasteiger partial charge in [0.1, 0.15) is 0 Å². The first-order valence-corrected chi connectivity index (χ1v) is 8.32. The Labute approximate surface area is 120 Å². The lowest BCUT2D eigenvalue weighted by Crippen LogP contribution is -2.42. The van der Waals surface area contributed by atoms with E-state index in [4.69, 9.17) is 5.73 Å². The molecular formula is C17H34N2. The molecule has 2 fully saturated rings. The third-order valence-electron chi connectivity index (χ3n) is 5.59. The maximum Gasteiger partial charge on any atom is 0.0243 e. The first kappa shape index (κ1) is 15.3. The van der Waals surface area contributed by atoms with Gasteiger partial charge in [-0.3, -0.25) is 0 Å². The van der Waals surface area contributed by atoms with Gasteiger partial charge in [-0.2, -0.15) is 0 Å². The second-order valence-electron chi connectivity index (χ2n) is 8.16. The molecule has 2 rings (SSSR count). The van der Waals surface area contributed by atoms with Gasteiger partial charge in [-0.1, -0.05) is 20.8 Å². The van der Waals surface area contributed by atoms with Crippen LogP contribution in [-0.2, 0) is 0 Å². The highest BCUT2D eigenvalue weighted by atomic mass is 15.1. The van der Waals surface area contributed by atoms with Crippen molar-refractivity contribution in [1.82, 2.24) is 4.90 Å². The highest BCUT2D eigenvalue weighted by Crippen LogP contribution is 2.40. The molecule has 2 heteroatoms. The van der Waals surface area contributed by atoms with E-state index in [2.05, 4.69) is 32.7 Å². The molecule has 0 spiro atoms. The molecule has 0 saturated heterocycles. The van der Waals surface area contributed by atoms with E-state index in [1.807, 2.05) is 0 Å². The number of nitrogens with two attached hydrogens (primary N) is 1. The van der Waals surface area contributed by atoms with Gasteiger partial charge < -0.3 is 10.6 Å². The fourth-order valence-corrected chi connectivity index (χ4v) is 3.97. The van der Waals surface area contributed by atoms with E-state index in [-0.39, 0.29) is 0 Å². The first-order valence-electron chi connectivity index (χ1n) is 8.32. The van der Waals surface area contributed by atoms with Crippen molar-refractivity contribution in [3.63, 3.8) is 0 Å². The molecule has 0 aliphatic heterocycles. The summed E-state index contributed by atoms with van der Waals surface area (Å²) in [6, 6.07) is 0.653. The third kappa shape index (κ3) is 4.19. The number of hydrogen-bond donors (Lipinski definition) is 1.